The molecule has 0 saturated carbocycles. The molecule has 0 aliphatic rings. The van der Waals surface area contributed by atoms with Crippen LogP contribution < -0.4 is 69.2 Å². The van der Waals surface area contributed by atoms with E-state index in [0.29, 0.717) is 0 Å². The van der Waals surface area contributed by atoms with E-state index < -0.39 is 44.9 Å². The second-order valence-corrected chi connectivity index (χ2v) is 5.02. The molecule has 0 radical (unpaired) electrons. The fraction of sp³-hybridized carbons (Fsp3) is 0. The van der Waals surface area contributed by atoms with Gasteiger partial charge in [-0.3, -0.25) is 0 Å². The summed E-state index contributed by atoms with van der Waals surface area (Å²) in [5.41, 5.74) is 0. The summed E-state index contributed by atoms with van der Waals surface area (Å²) < 4.78 is 22.2. The van der Waals surface area contributed by atoms with Crippen molar-refractivity contribution < 1.29 is 152 Å². The molecular weight excluding hydrogens is 455 g/mol. The zero-order valence-electron chi connectivity index (χ0n) is 13.5. The molecule has 0 rings (SSSR count). The molecule has 0 unspecified atom stereocenters. The minimum absolute atomic E-state index is 0. The molecule has 0 saturated heterocycles. The monoisotopic (exact) mass is 470 g/mol. The number of phosphoric acid groups is 2. The van der Waals surface area contributed by atoms with E-state index in [-0.39, 0.29) is 59.1 Å². The second kappa shape index (κ2) is 28.0. The molecule has 0 heterocycles. The van der Waals surface area contributed by atoms with E-state index in [2.05, 4.69) is 4.31 Å². The maximum absolute atomic E-state index is 9.63. The van der Waals surface area contributed by atoms with E-state index in [9.17, 15) is 9.13 Å². The van der Waals surface area contributed by atoms with E-state index in [4.69, 9.17) is 79.9 Å². The van der Waals surface area contributed by atoms with Gasteiger partial charge in [-0.1, -0.05) is 0 Å². The smallest absolute Gasteiger partial charge is 0.871 e. The van der Waals surface area contributed by atoms with Gasteiger partial charge in [0.2, 0.25) is 0 Å². The fourth-order valence-electron chi connectivity index (χ4n) is 0.139. The van der Waals surface area contributed by atoms with E-state index in [1.54, 1.807) is 0 Å². The summed E-state index contributed by atoms with van der Waals surface area (Å²) in [6.07, 6.45) is 0. The summed E-state index contributed by atoms with van der Waals surface area (Å²) in [6.45, 7) is 0. The molecule has 152 valence electrons. The zero-order valence-corrected chi connectivity index (χ0v) is 19.3. The van der Waals surface area contributed by atoms with Crippen LogP contribution in [0.15, 0.2) is 0 Å². The Balaban J connectivity index is -0.0000000386. The fourth-order valence-corrected chi connectivity index (χ4v) is 1.25. The maximum Gasteiger partial charge on any atom is 1.00 e. The van der Waals surface area contributed by atoms with Gasteiger partial charge in [-0.2, -0.15) is 4.31 Å². The van der Waals surface area contributed by atoms with Gasteiger partial charge < -0.3 is 79.9 Å². The predicted octanol–water partition coefficient (Wildman–Crippen LogP) is -16.3. The van der Waals surface area contributed by atoms with Crippen LogP contribution in [-0.2, 0) is 13.4 Å². The van der Waals surface area contributed by atoms with Crippen LogP contribution in [0, 0.1) is 0 Å². The summed E-state index contributed by atoms with van der Waals surface area (Å²) in [5.74, 6) is 0. The summed E-state index contributed by atoms with van der Waals surface area (Å²) in [4.78, 5) is 31.0. The van der Waals surface area contributed by atoms with E-state index in [1.807, 2.05) is 0 Å². The van der Waals surface area contributed by atoms with Crippen LogP contribution in [0.4, 0.5) is 0 Å². The largest absolute Gasteiger partial charge is 1.00 e. The molecule has 19 nitrogen and oxygen atoms in total. The topological polar surface area (TPSA) is 373 Å². The van der Waals surface area contributed by atoms with Gasteiger partial charge in [-0.25, -0.2) is 9.13 Å². The Kier molecular flexibility index (Phi) is 48.8. The van der Waals surface area contributed by atoms with E-state index in [0.717, 1.165) is 0 Å². The molecule has 0 bridgehead atoms. The molecule has 0 amide bonds. The van der Waals surface area contributed by atoms with Crippen molar-refractivity contribution in [3.63, 3.8) is 0 Å². The first-order chi connectivity index (χ1) is 10.6. The zero-order chi connectivity index (χ0) is 22.0. The first kappa shape index (κ1) is 47.0. The van der Waals surface area contributed by atoms with Gasteiger partial charge in [0.15, 0.2) is 0 Å². The first-order valence-corrected chi connectivity index (χ1v) is 7.64. The standard InChI is InChI=1S/3BH3O3.BHO3.2Na.H4O7P2/c4*2-1(3)4;;;1-8(2,3)7-9(4,5)6/h3*2-4H;2H;;;(H2,1,2,3)(H2,4,5,6)/q;;;-2;2*+1;. The Morgan fingerprint density at radius 3 is 0.630 bits per heavy atom. The normalized spacial score (nSPS) is 8.59. The van der Waals surface area contributed by atoms with Crippen LogP contribution in [0.3, 0.4) is 0 Å². The predicted molar refractivity (Wildman–Crippen MR) is 70.4 cm³/mol. The van der Waals surface area contributed by atoms with Crippen molar-refractivity contribution in [1.29, 1.82) is 0 Å². The molecular formula is H14B4Na2O19P2. The van der Waals surface area contributed by atoms with Crippen LogP contribution in [0.25, 0.3) is 0 Å². The molecule has 14 N–H and O–H groups in total. The molecule has 0 spiro atoms. The van der Waals surface area contributed by atoms with E-state index >= 15 is 0 Å². The SMILES string of the molecule is O=P(O)(O)OP(=O)(O)O.OB(O)O.OB(O)O.OB(O)O.[Na+].[Na+].[O-]B([O-])O. The van der Waals surface area contributed by atoms with Crippen molar-refractivity contribution in [3.05, 3.63) is 0 Å². The van der Waals surface area contributed by atoms with Gasteiger partial charge in [0.1, 0.15) is 0 Å². The van der Waals surface area contributed by atoms with Crippen molar-refractivity contribution in [1.82, 2.24) is 0 Å². The Morgan fingerprint density at radius 1 is 0.556 bits per heavy atom. The third-order valence-electron chi connectivity index (χ3n) is 0.213. The average Bonchev–Trinajstić information content (AvgIpc) is 2.04. The summed E-state index contributed by atoms with van der Waals surface area (Å²) >= 11 is 0. The molecule has 0 atom stereocenters. The van der Waals surface area contributed by atoms with Gasteiger partial charge in [0.25, 0.3) is 0 Å². The third kappa shape index (κ3) is 294. The first-order valence-electron chi connectivity index (χ1n) is 4.58. The summed E-state index contributed by atoms with van der Waals surface area (Å²) in [7, 11) is -19.3. The molecule has 27 heteroatoms. The quantitative estimate of drug-likeness (QED) is 0.132. The number of hydrogen-bond acceptors (Lipinski definition) is 15. The van der Waals surface area contributed by atoms with Crippen molar-refractivity contribution in [2.24, 2.45) is 0 Å². The molecule has 0 aromatic heterocycles. The van der Waals surface area contributed by atoms with Crippen LogP contribution in [0.1, 0.15) is 0 Å². The summed E-state index contributed by atoms with van der Waals surface area (Å²) in [5, 5.41) is 88.5. The third-order valence-corrected chi connectivity index (χ3v) is 1.91. The number of hydrogen-bond donors (Lipinski definition) is 14. The van der Waals surface area contributed by atoms with Gasteiger partial charge in [-0.15, -0.1) is 0 Å². The maximum atomic E-state index is 9.63. The molecule has 0 aromatic rings. The van der Waals surface area contributed by atoms with E-state index in [1.165, 1.54) is 0 Å². The number of rotatable bonds is 2. The Bertz CT molecular complexity index is 282. The second-order valence-electron chi connectivity index (χ2n) is 2.41. The molecule has 0 aliphatic carbocycles. The Hall–Kier alpha value is 2.04. The Labute approximate surface area is 196 Å². The molecule has 0 aliphatic heterocycles. The van der Waals surface area contributed by atoms with Crippen LogP contribution in [-0.4, -0.2) is 99.1 Å². The molecule has 0 aromatic carbocycles. The Morgan fingerprint density at radius 2 is 0.630 bits per heavy atom. The van der Waals surface area contributed by atoms with Crippen LogP contribution in [0.2, 0.25) is 0 Å². The van der Waals surface area contributed by atoms with Crippen molar-refractivity contribution >= 4 is 44.9 Å². The summed E-state index contributed by atoms with van der Waals surface area (Å²) in [6, 6.07) is 0. The molecule has 27 heavy (non-hydrogen) atoms. The van der Waals surface area contributed by atoms with Gasteiger partial charge in [0, 0.05) is 0 Å². The van der Waals surface area contributed by atoms with Gasteiger partial charge >= 0.3 is 96.7 Å². The average molecular weight is 469 g/mol. The van der Waals surface area contributed by atoms with Gasteiger partial charge in [-0.05, 0) is 0 Å². The van der Waals surface area contributed by atoms with Crippen molar-refractivity contribution in [2.45, 2.75) is 0 Å². The van der Waals surface area contributed by atoms with Gasteiger partial charge in [0.05, 0.1) is 7.32 Å². The molecule has 0 fully saturated rings. The van der Waals surface area contributed by atoms with Crippen LogP contribution >= 0.6 is 15.6 Å². The van der Waals surface area contributed by atoms with Crippen LogP contribution in [0.5, 0.6) is 0 Å². The van der Waals surface area contributed by atoms with Crippen molar-refractivity contribution in [2.75, 3.05) is 0 Å². The minimum atomic E-state index is -5.05. The minimum Gasteiger partial charge on any atom is -0.871 e. The van der Waals surface area contributed by atoms with Crippen molar-refractivity contribution in [3.8, 4) is 0 Å².